The van der Waals surface area contributed by atoms with Crippen molar-refractivity contribution in [3.05, 3.63) is 41.8 Å². The maximum atomic E-state index is 5.27. The van der Waals surface area contributed by atoms with Crippen LogP contribution >= 0.6 is 0 Å². The molecular formula is C16H19N5O. The first-order chi connectivity index (χ1) is 10.8. The van der Waals surface area contributed by atoms with Gasteiger partial charge in [-0.3, -0.25) is 0 Å². The second-order valence-electron chi connectivity index (χ2n) is 5.69. The van der Waals surface area contributed by atoms with Crippen LogP contribution in [0.25, 0.3) is 11.0 Å². The van der Waals surface area contributed by atoms with Crippen LogP contribution in [0.5, 0.6) is 0 Å². The summed E-state index contributed by atoms with van der Waals surface area (Å²) in [7, 11) is 0. The van der Waals surface area contributed by atoms with Gasteiger partial charge in [0.2, 0.25) is 5.89 Å². The Labute approximate surface area is 128 Å². The van der Waals surface area contributed by atoms with Crippen LogP contribution in [0.1, 0.15) is 43.2 Å². The lowest BCUT2D eigenvalue weighted by Gasteiger charge is -2.06. The third-order valence-corrected chi connectivity index (χ3v) is 4.04. The molecule has 2 heterocycles. The Bertz CT molecular complexity index is 787. The molecule has 1 aliphatic rings. The SMILES string of the molecule is CCn1c(CNCc2nc(C3CC3)no2)nc2ccccc21. The first-order valence-electron chi connectivity index (χ1n) is 7.82. The molecular weight excluding hydrogens is 278 g/mol. The summed E-state index contributed by atoms with van der Waals surface area (Å²) in [4.78, 5) is 9.11. The molecule has 1 N–H and O–H groups in total. The Morgan fingerprint density at radius 2 is 2.09 bits per heavy atom. The number of nitrogens with one attached hydrogen (secondary N) is 1. The Hall–Kier alpha value is -2.21. The second-order valence-corrected chi connectivity index (χ2v) is 5.69. The lowest BCUT2D eigenvalue weighted by Crippen LogP contribution is -2.16. The molecule has 114 valence electrons. The highest BCUT2D eigenvalue weighted by molar-refractivity contribution is 5.75. The molecule has 0 unspecified atom stereocenters. The van der Waals surface area contributed by atoms with Crippen LogP contribution in [0.4, 0.5) is 0 Å². The molecule has 0 spiro atoms. The van der Waals surface area contributed by atoms with E-state index in [1.807, 2.05) is 18.2 Å². The van der Waals surface area contributed by atoms with Crippen LogP contribution in [0.2, 0.25) is 0 Å². The smallest absolute Gasteiger partial charge is 0.240 e. The summed E-state index contributed by atoms with van der Waals surface area (Å²) in [6.45, 7) is 4.30. The molecule has 22 heavy (non-hydrogen) atoms. The molecule has 6 heteroatoms. The van der Waals surface area contributed by atoms with Crippen molar-refractivity contribution >= 4 is 11.0 Å². The van der Waals surface area contributed by atoms with Gasteiger partial charge in [0.15, 0.2) is 5.82 Å². The minimum atomic E-state index is 0.529. The standard InChI is InChI=1S/C16H19N5O/c1-2-21-13-6-4-3-5-12(13)18-14(21)9-17-10-15-19-16(20-22-15)11-7-8-11/h3-6,11,17H,2,7-10H2,1H3. The molecule has 0 aliphatic heterocycles. The number of nitrogens with zero attached hydrogens (tertiary/aromatic N) is 4. The Morgan fingerprint density at radius 1 is 1.23 bits per heavy atom. The van der Waals surface area contributed by atoms with Gasteiger partial charge in [0.1, 0.15) is 5.82 Å². The summed E-state index contributed by atoms with van der Waals surface area (Å²) in [5, 5.41) is 7.37. The number of aryl methyl sites for hydroxylation is 1. The van der Waals surface area contributed by atoms with Gasteiger partial charge in [0, 0.05) is 12.5 Å². The van der Waals surface area contributed by atoms with Crippen LogP contribution in [-0.4, -0.2) is 19.7 Å². The maximum absolute atomic E-state index is 5.27. The average molecular weight is 297 g/mol. The van der Waals surface area contributed by atoms with E-state index in [9.17, 15) is 0 Å². The number of fused-ring (bicyclic) bond motifs is 1. The van der Waals surface area contributed by atoms with E-state index >= 15 is 0 Å². The van der Waals surface area contributed by atoms with E-state index in [1.54, 1.807) is 0 Å². The van der Waals surface area contributed by atoms with Crippen molar-refractivity contribution in [3.63, 3.8) is 0 Å². The fraction of sp³-hybridized carbons (Fsp3) is 0.438. The van der Waals surface area contributed by atoms with Crippen molar-refractivity contribution in [1.82, 2.24) is 25.0 Å². The third kappa shape index (κ3) is 2.50. The van der Waals surface area contributed by atoms with Crippen molar-refractivity contribution in [2.45, 2.75) is 45.3 Å². The summed E-state index contributed by atoms with van der Waals surface area (Å²) >= 11 is 0. The van der Waals surface area contributed by atoms with E-state index in [2.05, 4.69) is 33.0 Å². The number of hydrogen-bond acceptors (Lipinski definition) is 5. The summed E-state index contributed by atoms with van der Waals surface area (Å²) in [5.74, 6) is 3.08. The Balaban J connectivity index is 1.44. The number of aromatic nitrogens is 4. The summed E-state index contributed by atoms with van der Waals surface area (Å²) < 4.78 is 7.50. The average Bonchev–Trinajstić information content (AvgIpc) is 3.18. The van der Waals surface area contributed by atoms with Crippen molar-refractivity contribution in [3.8, 4) is 0 Å². The maximum Gasteiger partial charge on any atom is 0.240 e. The summed E-state index contributed by atoms with van der Waals surface area (Å²) in [5.41, 5.74) is 2.21. The van der Waals surface area contributed by atoms with Crippen LogP contribution in [0.15, 0.2) is 28.8 Å². The lowest BCUT2D eigenvalue weighted by molar-refractivity contribution is 0.361. The Kier molecular flexibility index (Phi) is 3.38. The number of benzene rings is 1. The predicted octanol–water partition coefficient (Wildman–Crippen LogP) is 2.61. The van der Waals surface area contributed by atoms with E-state index < -0.39 is 0 Å². The molecule has 1 fully saturated rings. The second kappa shape index (κ2) is 5.53. The zero-order valence-electron chi connectivity index (χ0n) is 12.6. The van der Waals surface area contributed by atoms with Gasteiger partial charge in [-0.2, -0.15) is 4.98 Å². The van der Waals surface area contributed by atoms with Gasteiger partial charge < -0.3 is 14.4 Å². The molecule has 6 nitrogen and oxygen atoms in total. The minimum absolute atomic E-state index is 0.529. The van der Waals surface area contributed by atoms with Gasteiger partial charge in [-0.05, 0) is 31.9 Å². The molecule has 1 saturated carbocycles. The highest BCUT2D eigenvalue weighted by atomic mass is 16.5. The van der Waals surface area contributed by atoms with Crippen LogP contribution in [0, 0.1) is 0 Å². The van der Waals surface area contributed by atoms with E-state index in [1.165, 1.54) is 18.4 Å². The molecule has 0 radical (unpaired) electrons. The van der Waals surface area contributed by atoms with Crippen LogP contribution in [0.3, 0.4) is 0 Å². The van der Waals surface area contributed by atoms with E-state index in [-0.39, 0.29) is 0 Å². The first kappa shape index (κ1) is 13.5. The van der Waals surface area contributed by atoms with Gasteiger partial charge in [0.25, 0.3) is 0 Å². The topological polar surface area (TPSA) is 68.8 Å². The van der Waals surface area contributed by atoms with Gasteiger partial charge >= 0.3 is 0 Å². The minimum Gasteiger partial charge on any atom is -0.338 e. The van der Waals surface area contributed by atoms with Gasteiger partial charge in [-0.25, -0.2) is 4.98 Å². The highest BCUT2D eigenvalue weighted by Gasteiger charge is 2.28. The Morgan fingerprint density at radius 3 is 2.91 bits per heavy atom. The van der Waals surface area contributed by atoms with Crippen LogP contribution in [-0.2, 0) is 19.6 Å². The van der Waals surface area contributed by atoms with E-state index in [4.69, 9.17) is 9.51 Å². The van der Waals surface area contributed by atoms with Crippen molar-refractivity contribution in [2.24, 2.45) is 0 Å². The van der Waals surface area contributed by atoms with Crippen molar-refractivity contribution in [1.29, 1.82) is 0 Å². The van der Waals surface area contributed by atoms with Crippen molar-refractivity contribution < 1.29 is 4.52 Å². The molecule has 0 bridgehead atoms. The predicted molar refractivity (Wildman–Crippen MR) is 82.2 cm³/mol. The molecule has 1 aliphatic carbocycles. The fourth-order valence-corrected chi connectivity index (χ4v) is 2.74. The molecule has 1 aromatic carbocycles. The quantitative estimate of drug-likeness (QED) is 0.757. The number of imidazole rings is 1. The van der Waals surface area contributed by atoms with Crippen LogP contribution < -0.4 is 5.32 Å². The number of para-hydroxylation sites is 2. The molecule has 0 amide bonds. The number of hydrogen-bond donors (Lipinski definition) is 1. The van der Waals surface area contributed by atoms with E-state index in [0.717, 1.165) is 23.7 Å². The van der Waals surface area contributed by atoms with Crippen molar-refractivity contribution in [2.75, 3.05) is 0 Å². The molecule has 0 saturated heterocycles. The van der Waals surface area contributed by atoms with Gasteiger partial charge in [-0.1, -0.05) is 17.3 Å². The van der Waals surface area contributed by atoms with E-state index in [0.29, 0.717) is 24.9 Å². The molecule has 4 rings (SSSR count). The molecule has 3 aromatic rings. The lowest BCUT2D eigenvalue weighted by atomic mass is 10.3. The first-order valence-corrected chi connectivity index (χ1v) is 7.82. The summed E-state index contributed by atoms with van der Waals surface area (Å²) in [6, 6.07) is 8.22. The largest absolute Gasteiger partial charge is 0.338 e. The molecule has 0 atom stereocenters. The molecule has 2 aromatic heterocycles. The normalized spacial score (nSPS) is 14.8. The zero-order valence-corrected chi connectivity index (χ0v) is 12.6. The monoisotopic (exact) mass is 297 g/mol. The fourth-order valence-electron chi connectivity index (χ4n) is 2.74. The van der Waals surface area contributed by atoms with Gasteiger partial charge in [0.05, 0.1) is 24.1 Å². The van der Waals surface area contributed by atoms with Gasteiger partial charge in [-0.15, -0.1) is 0 Å². The zero-order chi connectivity index (χ0) is 14.9. The third-order valence-electron chi connectivity index (χ3n) is 4.04. The number of rotatable bonds is 6. The highest BCUT2D eigenvalue weighted by Crippen LogP contribution is 2.38. The summed E-state index contributed by atoms with van der Waals surface area (Å²) in [6.07, 6.45) is 2.37.